The first kappa shape index (κ1) is 17.9. The average molecular weight is 315 g/mol. The number of rotatable bonds is 3. The number of benzene rings is 1. The molecule has 1 unspecified atom stereocenters. The highest BCUT2D eigenvalue weighted by Crippen LogP contribution is 2.27. The average Bonchev–Trinajstić information content (AvgIpc) is 2.42. The topological polar surface area (TPSA) is 55.1 Å². The predicted octanol–water partition coefficient (Wildman–Crippen LogP) is 3.39. The summed E-state index contributed by atoms with van der Waals surface area (Å²) in [4.78, 5) is 12.3. The van der Waals surface area contributed by atoms with E-state index in [0.717, 1.165) is 37.7 Å². The van der Waals surface area contributed by atoms with Crippen molar-refractivity contribution in [3.63, 3.8) is 0 Å². The second-order valence-electron chi connectivity index (χ2n) is 5.92. The van der Waals surface area contributed by atoms with Gasteiger partial charge in [-0.05, 0) is 43.9 Å². The predicted molar refractivity (Wildman–Crippen MR) is 84.9 cm³/mol. The van der Waals surface area contributed by atoms with E-state index in [9.17, 15) is 9.18 Å². The van der Waals surface area contributed by atoms with E-state index in [1.165, 1.54) is 6.07 Å². The maximum absolute atomic E-state index is 13.6. The van der Waals surface area contributed by atoms with Crippen LogP contribution in [0.2, 0.25) is 0 Å². The fourth-order valence-corrected chi connectivity index (χ4v) is 2.71. The van der Waals surface area contributed by atoms with Gasteiger partial charge in [-0.3, -0.25) is 4.79 Å². The van der Waals surface area contributed by atoms with Gasteiger partial charge in [-0.15, -0.1) is 12.4 Å². The Hall–Kier alpha value is -1.13. The van der Waals surface area contributed by atoms with Crippen molar-refractivity contribution in [2.75, 3.05) is 0 Å². The maximum atomic E-state index is 13.6. The third-order valence-electron chi connectivity index (χ3n) is 4.24. The summed E-state index contributed by atoms with van der Waals surface area (Å²) < 4.78 is 13.6. The van der Waals surface area contributed by atoms with Crippen molar-refractivity contribution in [1.29, 1.82) is 0 Å². The number of nitrogens with one attached hydrogen (secondary N) is 1. The van der Waals surface area contributed by atoms with E-state index in [0.29, 0.717) is 5.56 Å². The SMILES string of the molecule is Cc1ccc(C(C)NC(=O)C2(N)CCCCC2)cc1F.Cl. The molecule has 0 bridgehead atoms. The summed E-state index contributed by atoms with van der Waals surface area (Å²) in [6, 6.07) is 4.81. The minimum Gasteiger partial charge on any atom is -0.348 e. The van der Waals surface area contributed by atoms with Crippen molar-refractivity contribution in [3.05, 3.63) is 35.1 Å². The molecule has 0 aliphatic heterocycles. The van der Waals surface area contributed by atoms with Crippen LogP contribution in [0.4, 0.5) is 4.39 Å². The monoisotopic (exact) mass is 314 g/mol. The lowest BCUT2D eigenvalue weighted by Crippen LogP contribution is -2.55. The van der Waals surface area contributed by atoms with Gasteiger partial charge in [0.1, 0.15) is 5.82 Å². The van der Waals surface area contributed by atoms with E-state index in [1.54, 1.807) is 13.0 Å². The lowest BCUT2D eigenvalue weighted by Gasteiger charge is -2.33. The van der Waals surface area contributed by atoms with E-state index < -0.39 is 5.54 Å². The van der Waals surface area contributed by atoms with Crippen LogP contribution in [0.3, 0.4) is 0 Å². The summed E-state index contributed by atoms with van der Waals surface area (Å²) in [6.07, 6.45) is 4.60. The number of amides is 1. The Morgan fingerprint density at radius 3 is 2.52 bits per heavy atom. The molecule has 0 heterocycles. The van der Waals surface area contributed by atoms with Crippen LogP contribution in [-0.4, -0.2) is 11.4 Å². The summed E-state index contributed by atoms with van der Waals surface area (Å²) in [5, 5.41) is 2.92. The Kier molecular flexibility index (Phi) is 6.17. The number of carbonyl (C=O) groups is 1. The number of nitrogens with two attached hydrogens (primary N) is 1. The van der Waals surface area contributed by atoms with E-state index >= 15 is 0 Å². The van der Waals surface area contributed by atoms with E-state index in [4.69, 9.17) is 5.73 Å². The molecule has 2 rings (SSSR count). The van der Waals surface area contributed by atoms with Crippen LogP contribution in [0.5, 0.6) is 0 Å². The molecule has 1 aliphatic carbocycles. The molecule has 1 aliphatic rings. The molecule has 1 fully saturated rings. The molecule has 1 amide bonds. The van der Waals surface area contributed by atoms with Gasteiger partial charge in [0.2, 0.25) is 5.91 Å². The van der Waals surface area contributed by atoms with Gasteiger partial charge >= 0.3 is 0 Å². The highest BCUT2D eigenvalue weighted by atomic mass is 35.5. The molecule has 1 aromatic carbocycles. The lowest BCUT2D eigenvalue weighted by molar-refractivity contribution is -0.128. The zero-order valence-electron chi connectivity index (χ0n) is 12.6. The third-order valence-corrected chi connectivity index (χ3v) is 4.24. The van der Waals surface area contributed by atoms with Crippen LogP contribution in [0.15, 0.2) is 18.2 Å². The van der Waals surface area contributed by atoms with Gasteiger partial charge in [-0.1, -0.05) is 31.4 Å². The molecular formula is C16H24ClFN2O. The van der Waals surface area contributed by atoms with Crippen LogP contribution in [0.25, 0.3) is 0 Å². The highest BCUT2D eigenvalue weighted by molar-refractivity contribution is 5.86. The molecule has 21 heavy (non-hydrogen) atoms. The van der Waals surface area contributed by atoms with E-state index in [2.05, 4.69) is 5.32 Å². The summed E-state index contributed by atoms with van der Waals surface area (Å²) in [5.74, 6) is -0.366. The van der Waals surface area contributed by atoms with Crippen LogP contribution >= 0.6 is 12.4 Å². The Morgan fingerprint density at radius 1 is 1.33 bits per heavy atom. The molecule has 3 N–H and O–H groups in total. The number of aryl methyl sites for hydroxylation is 1. The largest absolute Gasteiger partial charge is 0.348 e. The molecule has 1 atom stereocenters. The summed E-state index contributed by atoms with van der Waals surface area (Å²) in [6.45, 7) is 3.58. The molecule has 0 radical (unpaired) electrons. The van der Waals surface area contributed by atoms with Crippen molar-refractivity contribution in [2.45, 2.75) is 57.5 Å². The maximum Gasteiger partial charge on any atom is 0.240 e. The zero-order valence-corrected chi connectivity index (χ0v) is 13.4. The Labute approximate surface area is 131 Å². The fourth-order valence-electron chi connectivity index (χ4n) is 2.71. The first-order chi connectivity index (χ1) is 9.42. The van der Waals surface area contributed by atoms with Crippen LogP contribution in [-0.2, 0) is 4.79 Å². The van der Waals surface area contributed by atoms with Crippen molar-refractivity contribution in [1.82, 2.24) is 5.32 Å². The summed E-state index contributed by atoms with van der Waals surface area (Å²) in [7, 11) is 0. The Balaban J connectivity index is 0.00000220. The number of carbonyl (C=O) groups excluding carboxylic acids is 1. The Morgan fingerprint density at radius 2 is 1.95 bits per heavy atom. The summed E-state index contributed by atoms with van der Waals surface area (Å²) >= 11 is 0. The van der Waals surface area contributed by atoms with Crippen LogP contribution in [0.1, 0.15) is 56.2 Å². The highest BCUT2D eigenvalue weighted by Gasteiger charge is 2.35. The van der Waals surface area contributed by atoms with Crippen molar-refractivity contribution >= 4 is 18.3 Å². The molecular weight excluding hydrogens is 291 g/mol. The normalized spacial score (nSPS) is 18.5. The Bertz CT molecular complexity index is 501. The smallest absolute Gasteiger partial charge is 0.240 e. The molecule has 3 nitrogen and oxygen atoms in total. The van der Waals surface area contributed by atoms with Gasteiger partial charge < -0.3 is 11.1 Å². The van der Waals surface area contributed by atoms with Gasteiger partial charge in [0.15, 0.2) is 0 Å². The van der Waals surface area contributed by atoms with Crippen LogP contribution < -0.4 is 11.1 Å². The molecule has 0 saturated heterocycles. The second kappa shape index (κ2) is 7.23. The van der Waals surface area contributed by atoms with Crippen molar-refractivity contribution < 1.29 is 9.18 Å². The second-order valence-corrected chi connectivity index (χ2v) is 5.92. The van der Waals surface area contributed by atoms with Gasteiger partial charge in [-0.25, -0.2) is 4.39 Å². The molecule has 5 heteroatoms. The number of hydrogen-bond acceptors (Lipinski definition) is 2. The molecule has 118 valence electrons. The summed E-state index contributed by atoms with van der Waals surface area (Å²) in [5.41, 5.74) is 6.81. The first-order valence-corrected chi connectivity index (χ1v) is 7.28. The van der Waals surface area contributed by atoms with Gasteiger partial charge in [-0.2, -0.15) is 0 Å². The zero-order chi connectivity index (χ0) is 14.8. The van der Waals surface area contributed by atoms with Crippen LogP contribution in [0, 0.1) is 12.7 Å². The molecule has 1 saturated carbocycles. The van der Waals surface area contributed by atoms with Gasteiger partial charge in [0.25, 0.3) is 0 Å². The van der Waals surface area contributed by atoms with Crippen molar-refractivity contribution in [2.24, 2.45) is 5.73 Å². The standard InChI is InChI=1S/C16H23FN2O.ClH/c1-11-6-7-13(10-14(11)17)12(2)19-15(20)16(18)8-4-3-5-9-16;/h6-7,10,12H,3-5,8-9,18H2,1-2H3,(H,19,20);1H. The third kappa shape index (κ3) is 4.17. The van der Waals surface area contributed by atoms with Gasteiger partial charge in [0, 0.05) is 0 Å². The first-order valence-electron chi connectivity index (χ1n) is 7.28. The quantitative estimate of drug-likeness (QED) is 0.898. The van der Waals surface area contributed by atoms with E-state index in [-0.39, 0.29) is 30.2 Å². The lowest BCUT2D eigenvalue weighted by atomic mass is 9.81. The number of halogens is 2. The van der Waals surface area contributed by atoms with Gasteiger partial charge in [0.05, 0.1) is 11.6 Å². The number of hydrogen-bond donors (Lipinski definition) is 2. The minimum absolute atomic E-state index is 0. The molecule has 0 aromatic heterocycles. The van der Waals surface area contributed by atoms with Crippen molar-refractivity contribution in [3.8, 4) is 0 Å². The molecule has 1 aromatic rings. The molecule has 0 spiro atoms. The minimum atomic E-state index is -0.754. The fraction of sp³-hybridized carbons (Fsp3) is 0.562. The van der Waals surface area contributed by atoms with E-state index in [1.807, 2.05) is 13.0 Å².